The van der Waals surface area contributed by atoms with Crippen molar-refractivity contribution in [1.29, 1.82) is 0 Å². The van der Waals surface area contributed by atoms with E-state index in [0.717, 1.165) is 35.3 Å². The van der Waals surface area contributed by atoms with Crippen LogP contribution in [0.15, 0.2) is 24.4 Å². The molecule has 0 saturated heterocycles. The summed E-state index contributed by atoms with van der Waals surface area (Å²) in [4.78, 5) is 16.1. The number of pyridine rings is 1. The lowest BCUT2D eigenvalue weighted by Gasteiger charge is -2.21. The molecule has 0 saturated carbocycles. The molecule has 0 radical (unpaired) electrons. The molecule has 1 heterocycles. The Hall–Kier alpha value is -2.43. The zero-order valence-electron chi connectivity index (χ0n) is 16.7. The molecule has 3 rings (SSSR count). The lowest BCUT2D eigenvalue weighted by atomic mass is 9.91. The number of aromatic nitrogens is 1. The number of hydrogen-bond acceptors (Lipinski definition) is 3. The fraction of sp³-hybridized carbons (Fsp3) is 0.455. The van der Waals surface area contributed by atoms with Gasteiger partial charge in [-0.3, -0.25) is 4.79 Å². The molecule has 1 aromatic heterocycles. The molecular formula is C22H28FN3O. The van der Waals surface area contributed by atoms with E-state index in [9.17, 15) is 9.18 Å². The fourth-order valence-electron chi connectivity index (χ4n) is 3.81. The van der Waals surface area contributed by atoms with Crippen LogP contribution in [0.4, 0.5) is 15.8 Å². The first-order valence-corrected chi connectivity index (χ1v) is 9.45. The molecule has 1 amide bonds. The Morgan fingerprint density at radius 2 is 2.04 bits per heavy atom. The lowest BCUT2D eigenvalue weighted by molar-refractivity contribution is -0.117. The predicted molar refractivity (Wildman–Crippen MR) is 107 cm³/mol. The number of hydrogen-bond donors (Lipinski definition) is 2. The van der Waals surface area contributed by atoms with Crippen molar-refractivity contribution in [3.05, 3.63) is 52.6 Å². The summed E-state index contributed by atoms with van der Waals surface area (Å²) in [5.41, 5.74) is 6.47. The summed E-state index contributed by atoms with van der Waals surface area (Å²) in [6, 6.07) is 5.41. The molecule has 0 aliphatic heterocycles. The van der Waals surface area contributed by atoms with Crippen LogP contribution in [0.3, 0.4) is 0 Å². The van der Waals surface area contributed by atoms with E-state index < -0.39 is 5.95 Å². The second kappa shape index (κ2) is 7.29. The average molecular weight is 369 g/mol. The molecule has 1 aliphatic carbocycles. The van der Waals surface area contributed by atoms with Crippen molar-refractivity contribution in [2.75, 3.05) is 10.6 Å². The number of nitrogens with one attached hydrogen (secondary N) is 2. The van der Waals surface area contributed by atoms with Gasteiger partial charge < -0.3 is 10.6 Å². The zero-order valence-corrected chi connectivity index (χ0v) is 16.7. The molecule has 1 atom stereocenters. The summed E-state index contributed by atoms with van der Waals surface area (Å²) in [6.45, 7) is 10.3. The predicted octanol–water partition coefficient (Wildman–Crippen LogP) is 5.31. The highest BCUT2D eigenvalue weighted by Crippen LogP contribution is 2.40. The number of carbonyl (C=O) groups is 1. The molecule has 0 fully saturated rings. The smallest absolute Gasteiger partial charge is 0.224 e. The second-order valence-corrected chi connectivity index (χ2v) is 8.65. The van der Waals surface area contributed by atoms with E-state index in [2.05, 4.69) is 49.4 Å². The quantitative estimate of drug-likeness (QED) is 0.718. The van der Waals surface area contributed by atoms with Gasteiger partial charge in [0.05, 0.1) is 17.9 Å². The van der Waals surface area contributed by atoms with Gasteiger partial charge in [-0.05, 0) is 66.5 Å². The van der Waals surface area contributed by atoms with Gasteiger partial charge in [0.25, 0.3) is 0 Å². The van der Waals surface area contributed by atoms with Gasteiger partial charge >= 0.3 is 0 Å². The summed E-state index contributed by atoms with van der Waals surface area (Å²) in [5.74, 6) is -0.423. The highest BCUT2D eigenvalue weighted by Gasteiger charge is 2.27. The topological polar surface area (TPSA) is 54.0 Å². The van der Waals surface area contributed by atoms with Crippen molar-refractivity contribution in [2.24, 2.45) is 5.41 Å². The third kappa shape index (κ3) is 4.46. The van der Waals surface area contributed by atoms with E-state index in [1.807, 2.05) is 6.92 Å². The van der Waals surface area contributed by atoms with Crippen molar-refractivity contribution >= 4 is 17.3 Å². The number of fused-ring (bicyclic) bond motifs is 1. The van der Waals surface area contributed by atoms with Crippen molar-refractivity contribution in [1.82, 2.24) is 4.98 Å². The molecule has 2 N–H and O–H groups in total. The first-order chi connectivity index (χ1) is 12.6. The summed E-state index contributed by atoms with van der Waals surface area (Å²) < 4.78 is 13.0. The largest absolute Gasteiger partial charge is 0.377 e. The molecular weight excluding hydrogens is 341 g/mol. The number of benzene rings is 1. The maximum absolute atomic E-state index is 13.0. The Morgan fingerprint density at radius 1 is 1.30 bits per heavy atom. The van der Waals surface area contributed by atoms with E-state index in [4.69, 9.17) is 0 Å². The number of halogens is 1. The Kier molecular flexibility index (Phi) is 5.22. The van der Waals surface area contributed by atoms with Gasteiger partial charge in [-0.15, -0.1) is 0 Å². The van der Waals surface area contributed by atoms with Crippen LogP contribution in [-0.2, 0) is 11.2 Å². The maximum Gasteiger partial charge on any atom is 0.224 e. The van der Waals surface area contributed by atoms with Crippen LogP contribution in [0, 0.1) is 25.2 Å². The van der Waals surface area contributed by atoms with Crippen molar-refractivity contribution < 1.29 is 9.18 Å². The minimum absolute atomic E-state index is 0.0408. The molecule has 4 nitrogen and oxygen atoms in total. The van der Waals surface area contributed by atoms with Crippen molar-refractivity contribution in [2.45, 2.75) is 59.9 Å². The Bertz CT molecular complexity index is 853. The Morgan fingerprint density at radius 3 is 2.67 bits per heavy atom. The SMILES string of the molecule is Cc1cc2c(c(C)c1NC(=O)CC(C)(C)C)CCC2Nc1ccc(F)nc1. The second-order valence-electron chi connectivity index (χ2n) is 8.65. The van der Waals surface area contributed by atoms with Crippen LogP contribution in [0.5, 0.6) is 0 Å². The van der Waals surface area contributed by atoms with Gasteiger partial charge in [-0.1, -0.05) is 26.8 Å². The zero-order chi connectivity index (χ0) is 19.8. The summed E-state index contributed by atoms with van der Waals surface area (Å²) in [7, 11) is 0. The first kappa shape index (κ1) is 19.3. The number of carbonyl (C=O) groups excluding carboxylic acids is 1. The minimum Gasteiger partial charge on any atom is -0.377 e. The van der Waals surface area contributed by atoms with Crippen LogP contribution in [0.2, 0.25) is 0 Å². The average Bonchev–Trinajstić information content (AvgIpc) is 2.95. The number of nitrogens with zero attached hydrogens (tertiary/aromatic N) is 1. The van der Waals surface area contributed by atoms with E-state index in [1.165, 1.54) is 23.4 Å². The third-order valence-electron chi connectivity index (χ3n) is 5.02. The number of aryl methyl sites for hydroxylation is 1. The molecule has 0 bridgehead atoms. The molecule has 1 aliphatic rings. The minimum atomic E-state index is -0.477. The van der Waals surface area contributed by atoms with E-state index in [-0.39, 0.29) is 17.4 Å². The summed E-state index contributed by atoms with van der Waals surface area (Å²) in [6.07, 6.45) is 3.93. The first-order valence-electron chi connectivity index (χ1n) is 9.45. The highest BCUT2D eigenvalue weighted by molar-refractivity contribution is 5.93. The number of anilines is 2. The molecule has 5 heteroatoms. The third-order valence-corrected chi connectivity index (χ3v) is 5.02. The van der Waals surface area contributed by atoms with E-state index in [1.54, 1.807) is 6.07 Å². The van der Waals surface area contributed by atoms with Gasteiger partial charge in [-0.2, -0.15) is 4.39 Å². The van der Waals surface area contributed by atoms with Crippen LogP contribution in [0.1, 0.15) is 61.9 Å². The Labute approximate surface area is 160 Å². The monoisotopic (exact) mass is 369 g/mol. The normalized spacial score (nSPS) is 16.1. The van der Waals surface area contributed by atoms with Crippen LogP contribution in [0.25, 0.3) is 0 Å². The Balaban J connectivity index is 1.82. The van der Waals surface area contributed by atoms with Gasteiger partial charge in [0, 0.05) is 12.1 Å². The van der Waals surface area contributed by atoms with Gasteiger partial charge in [-0.25, -0.2) is 4.98 Å². The van der Waals surface area contributed by atoms with Gasteiger partial charge in [0.2, 0.25) is 11.9 Å². The highest BCUT2D eigenvalue weighted by atomic mass is 19.1. The molecule has 2 aromatic rings. The summed E-state index contributed by atoms with van der Waals surface area (Å²) >= 11 is 0. The number of amides is 1. The van der Waals surface area contributed by atoms with Gasteiger partial charge in [0.15, 0.2) is 0 Å². The molecule has 1 aromatic carbocycles. The van der Waals surface area contributed by atoms with Crippen molar-refractivity contribution in [3.8, 4) is 0 Å². The van der Waals surface area contributed by atoms with Crippen LogP contribution < -0.4 is 10.6 Å². The van der Waals surface area contributed by atoms with Gasteiger partial charge in [0.1, 0.15) is 0 Å². The summed E-state index contributed by atoms with van der Waals surface area (Å²) in [5, 5.41) is 6.58. The van der Waals surface area contributed by atoms with Crippen LogP contribution >= 0.6 is 0 Å². The molecule has 27 heavy (non-hydrogen) atoms. The standard InChI is InChI=1S/C22H28FN3O/c1-13-10-17-16(14(2)21(13)26-20(27)11-22(3,4)5)7-8-18(17)25-15-6-9-19(23)24-12-15/h6,9-10,12,18,25H,7-8,11H2,1-5H3,(H,26,27). The van der Waals surface area contributed by atoms with Crippen LogP contribution in [-0.4, -0.2) is 10.9 Å². The lowest BCUT2D eigenvalue weighted by Crippen LogP contribution is -2.21. The molecule has 0 spiro atoms. The van der Waals surface area contributed by atoms with E-state index >= 15 is 0 Å². The van der Waals surface area contributed by atoms with E-state index in [0.29, 0.717) is 6.42 Å². The molecule has 144 valence electrons. The fourth-order valence-corrected chi connectivity index (χ4v) is 3.81. The maximum atomic E-state index is 13.0. The number of rotatable bonds is 4. The molecule has 1 unspecified atom stereocenters. The van der Waals surface area contributed by atoms with Crippen molar-refractivity contribution in [3.63, 3.8) is 0 Å².